The summed E-state index contributed by atoms with van der Waals surface area (Å²) in [6.07, 6.45) is 0. The summed E-state index contributed by atoms with van der Waals surface area (Å²) in [5.41, 5.74) is 2.83. The lowest BCUT2D eigenvalue weighted by Crippen LogP contribution is -2.13. The molecule has 0 bridgehead atoms. The maximum absolute atomic E-state index is 12.6. The number of ether oxygens (including phenoxy) is 1. The number of aromatic amines is 1. The van der Waals surface area contributed by atoms with Crippen molar-refractivity contribution >= 4 is 39.3 Å². The van der Waals surface area contributed by atoms with Crippen LogP contribution < -0.4 is 5.56 Å². The van der Waals surface area contributed by atoms with Crippen LogP contribution >= 0.6 is 23.1 Å². The van der Waals surface area contributed by atoms with E-state index in [-0.39, 0.29) is 10.8 Å². The monoisotopic (exact) mass is 402 g/mol. The van der Waals surface area contributed by atoms with Crippen LogP contribution in [0.1, 0.15) is 51.3 Å². The van der Waals surface area contributed by atoms with Crippen molar-refractivity contribution in [2.75, 3.05) is 6.61 Å². The molecule has 1 atom stereocenters. The van der Waals surface area contributed by atoms with Gasteiger partial charge in [-0.25, -0.2) is 9.78 Å². The number of nitrogens with one attached hydrogen (secondary N) is 1. The molecule has 0 radical (unpaired) electrons. The normalized spacial score (nSPS) is 12.3. The highest BCUT2D eigenvalue weighted by Gasteiger charge is 2.21. The molecule has 0 aliphatic carbocycles. The molecule has 0 saturated heterocycles. The number of aryl methyl sites for hydroxylation is 3. The molecule has 0 aliphatic heterocycles. The Balaban J connectivity index is 1.98. The number of thiophene rings is 1. The minimum atomic E-state index is -0.406. The second kappa shape index (κ2) is 7.86. The van der Waals surface area contributed by atoms with Crippen LogP contribution in [0.3, 0.4) is 0 Å². The number of rotatable bonds is 5. The van der Waals surface area contributed by atoms with Crippen molar-refractivity contribution in [3.63, 3.8) is 0 Å². The third-order valence-electron chi connectivity index (χ3n) is 4.30. The van der Waals surface area contributed by atoms with Gasteiger partial charge in [0.2, 0.25) is 0 Å². The summed E-state index contributed by atoms with van der Waals surface area (Å²) < 4.78 is 5.09. The molecule has 2 heterocycles. The summed E-state index contributed by atoms with van der Waals surface area (Å²) >= 11 is 2.87. The van der Waals surface area contributed by atoms with E-state index in [1.807, 2.05) is 6.92 Å². The molecule has 1 N–H and O–H groups in total. The summed E-state index contributed by atoms with van der Waals surface area (Å²) in [5, 5.41) is 0.437. The van der Waals surface area contributed by atoms with E-state index in [4.69, 9.17) is 4.74 Å². The van der Waals surface area contributed by atoms with Gasteiger partial charge in [-0.3, -0.25) is 4.79 Å². The van der Waals surface area contributed by atoms with Gasteiger partial charge in [0, 0.05) is 4.90 Å². The Morgan fingerprint density at radius 3 is 2.74 bits per heavy atom. The van der Waals surface area contributed by atoms with Gasteiger partial charge in [-0.05, 0) is 51.8 Å². The molecule has 142 valence electrons. The second-order valence-electron chi connectivity index (χ2n) is 6.44. The Labute approximate surface area is 166 Å². The molecule has 27 heavy (non-hydrogen) atoms. The number of esters is 1. The number of H-pyrrole nitrogens is 1. The molecule has 3 rings (SSSR count). The van der Waals surface area contributed by atoms with Crippen molar-refractivity contribution in [3.05, 3.63) is 55.9 Å². The molecule has 3 aromatic rings. The fourth-order valence-electron chi connectivity index (χ4n) is 2.92. The van der Waals surface area contributed by atoms with Gasteiger partial charge in [-0.15, -0.1) is 23.1 Å². The zero-order chi connectivity index (χ0) is 19.7. The number of nitrogens with zero attached hydrogens (tertiary/aromatic N) is 1. The quantitative estimate of drug-likeness (QED) is 0.483. The van der Waals surface area contributed by atoms with E-state index in [0.29, 0.717) is 33.1 Å². The van der Waals surface area contributed by atoms with Gasteiger partial charge in [0.25, 0.3) is 5.56 Å². The average Bonchev–Trinajstić information content (AvgIpc) is 2.95. The van der Waals surface area contributed by atoms with Gasteiger partial charge in [0.05, 0.1) is 17.2 Å². The first kappa shape index (κ1) is 19.6. The highest BCUT2D eigenvalue weighted by molar-refractivity contribution is 7.99. The van der Waals surface area contributed by atoms with Gasteiger partial charge in [0.15, 0.2) is 0 Å². The minimum Gasteiger partial charge on any atom is -0.462 e. The maximum atomic E-state index is 12.6. The number of thioether (sulfide) groups is 1. The van der Waals surface area contributed by atoms with Crippen LogP contribution in [-0.2, 0) is 4.74 Å². The van der Waals surface area contributed by atoms with Crippen LogP contribution in [0.25, 0.3) is 10.2 Å². The molecule has 0 aliphatic rings. The molecule has 0 spiro atoms. The highest BCUT2D eigenvalue weighted by Crippen LogP contribution is 2.36. The highest BCUT2D eigenvalue weighted by atomic mass is 32.2. The molecule has 5 nitrogen and oxygen atoms in total. The summed E-state index contributed by atoms with van der Waals surface area (Å²) in [4.78, 5) is 34.4. The fourth-order valence-corrected chi connectivity index (χ4v) is 5.00. The van der Waals surface area contributed by atoms with E-state index in [9.17, 15) is 9.59 Å². The first-order valence-corrected chi connectivity index (χ1v) is 10.5. The molecule has 0 saturated carbocycles. The summed E-state index contributed by atoms with van der Waals surface area (Å²) in [6, 6.07) is 6.31. The van der Waals surface area contributed by atoms with Crippen molar-refractivity contribution < 1.29 is 9.53 Å². The smallest absolute Gasteiger partial charge is 0.348 e. The number of hydrogen-bond donors (Lipinski definition) is 1. The van der Waals surface area contributed by atoms with Gasteiger partial charge >= 0.3 is 5.97 Å². The van der Waals surface area contributed by atoms with Crippen molar-refractivity contribution in [1.29, 1.82) is 0 Å². The lowest BCUT2D eigenvalue weighted by Gasteiger charge is -2.13. The maximum Gasteiger partial charge on any atom is 0.348 e. The topological polar surface area (TPSA) is 72.0 Å². The summed E-state index contributed by atoms with van der Waals surface area (Å²) in [5.74, 6) is 0.200. The Morgan fingerprint density at radius 1 is 1.33 bits per heavy atom. The van der Waals surface area contributed by atoms with E-state index in [1.54, 1.807) is 25.6 Å². The molecule has 0 fully saturated rings. The Hall–Kier alpha value is -2.12. The van der Waals surface area contributed by atoms with Gasteiger partial charge in [-0.2, -0.15) is 0 Å². The van der Waals surface area contributed by atoms with Crippen molar-refractivity contribution in [2.45, 2.75) is 44.8 Å². The standard InChI is InChI=1S/C20H22N2O3S2/c1-6-25-20(24)16-12(4)15-18(23)21-17(22-19(15)27-16)13(5)26-14-8-7-10(2)9-11(14)3/h7-9,13H,6H2,1-5H3,(H,21,22,23)/t13-/m1/s1. The molecule has 0 amide bonds. The third kappa shape index (κ3) is 3.94. The van der Waals surface area contributed by atoms with E-state index in [2.05, 4.69) is 42.0 Å². The SMILES string of the molecule is CCOC(=O)c1sc2nc([C@@H](C)Sc3ccc(C)cc3C)[nH]c(=O)c2c1C. The third-order valence-corrected chi connectivity index (χ3v) is 6.75. The lowest BCUT2D eigenvalue weighted by atomic mass is 10.2. The average molecular weight is 403 g/mol. The molecular formula is C20H22N2O3S2. The fraction of sp³-hybridized carbons (Fsp3) is 0.350. The Kier molecular flexibility index (Phi) is 5.72. The molecular weight excluding hydrogens is 380 g/mol. The summed E-state index contributed by atoms with van der Waals surface area (Å²) in [6.45, 7) is 9.98. The van der Waals surface area contributed by atoms with Crippen LogP contribution in [0.2, 0.25) is 0 Å². The van der Waals surface area contributed by atoms with Crippen molar-refractivity contribution in [3.8, 4) is 0 Å². The van der Waals surface area contributed by atoms with Crippen LogP contribution in [0.4, 0.5) is 0 Å². The summed E-state index contributed by atoms with van der Waals surface area (Å²) in [7, 11) is 0. The number of hydrogen-bond acceptors (Lipinski definition) is 6. The Morgan fingerprint density at radius 2 is 2.07 bits per heavy atom. The molecule has 2 aromatic heterocycles. The van der Waals surface area contributed by atoms with Crippen LogP contribution in [0.5, 0.6) is 0 Å². The number of aromatic nitrogens is 2. The zero-order valence-corrected chi connectivity index (χ0v) is 17.6. The molecule has 1 aromatic carbocycles. The number of carbonyl (C=O) groups excluding carboxylic acids is 1. The van der Waals surface area contributed by atoms with Gasteiger partial charge in [-0.1, -0.05) is 17.7 Å². The largest absolute Gasteiger partial charge is 0.462 e. The van der Waals surface area contributed by atoms with Crippen LogP contribution in [-0.4, -0.2) is 22.5 Å². The first-order valence-electron chi connectivity index (χ1n) is 8.76. The van der Waals surface area contributed by atoms with Gasteiger partial charge < -0.3 is 9.72 Å². The van der Waals surface area contributed by atoms with Crippen molar-refractivity contribution in [2.24, 2.45) is 0 Å². The predicted molar refractivity (Wildman–Crippen MR) is 111 cm³/mol. The molecule has 0 unspecified atom stereocenters. The predicted octanol–water partition coefficient (Wildman–Crippen LogP) is 4.94. The lowest BCUT2D eigenvalue weighted by molar-refractivity contribution is 0.0531. The van der Waals surface area contributed by atoms with E-state index >= 15 is 0 Å². The number of carbonyl (C=O) groups is 1. The van der Waals surface area contributed by atoms with E-state index < -0.39 is 5.97 Å². The Bertz CT molecular complexity index is 1070. The van der Waals surface area contributed by atoms with Crippen LogP contribution in [0, 0.1) is 20.8 Å². The number of benzene rings is 1. The van der Waals surface area contributed by atoms with E-state index in [1.165, 1.54) is 22.5 Å². The first-order chi connectivity index (χ1) is 12.8. The number of fused-ring (bicyclic) bond motifs is 1. The molecule has 7 heteroatoms. The van der Waals surface area contributed by atoms with Gasteiger partial charge in [0.1, 0.15) is 15.5 Å². The van der Waals surface area contributed by atoms with Crippen LogP contribution in [0.15, 0.2) is 27.9 Å². The van der Waals surface area contributed by atoms with E-state index in [0.717, 1.165) is 4.90 Å². The van der Waals surface area contributed by atoms with Crippen molar-refractivity contribution in [1.82, 2.24) is 9.97 Å². The second-order valence-corrected chi connectivity index (χ2v) is 8.82. The zero-order valence-electron chi connectivity index (χ0n) is 16.0. The minimum absolute atomic E-state index is 0.0306.